The summed E-state index contributed by atoms with van der Waals surface area (Å²) in [6.07, 6.45) is -5.17. The largest absolute Gasteiger partial charge is 0.435 e. The molecule has 3 nitrogen and oxygen atoms in total. The van der Waals surface area contributed by atoms with Crippen LogP contribution in [0, 0.1) is 13.8 Å². The van der Waals surface area contributed by atoms with Gasteiger partial charge in [-0.2, -0.15) is 24.9 Å². The number of hydrogen-bond acceptors (Lipinski definition) is 4. The summed E-state index contributed by atoms with van der Waals surface area (Å²) in [6, 6.07) is 8.11. The van der Waals surface area contributed by atoms with Crippen LogP contribution in [0.3, 0.4) is 0 Å². The molecule has 0 spiro atoms. The Balaban J connectivity index is 1.59. The van der Waals surface area contributed by atoms with E-state index in [1.807, 2.05) is 30.8 Å². The van der Waals surface area contributed by atoms with E-state index in [1.165, 1.54) is 12.1 Å². The van der Waals surface area contributed by atoms with E-state index in [9.17, 15) is 13.2 Å². The standard InChI is InChI=1S/C23H23Cl2F3N2OS/c1-13-6-15(4-5-16(13)10-29-21(3)11-32-12-21)20-9-22(31-30-20,23(26,27)28)17-7-18(24)14(2)19(25)8-17/h4-8,29H,9-12H2,1-3H3. The minimum absolute atomic E-state index is 0.141. The summed E-state index contributed by atoms with van der Waals surface area (Å²) < 4.78 is 42.8. The fourth-order valence-corrected chi connectivity index (χ4v) is 5.34. The molecule has 32 heavy (non-hydrogen) atoms. The van der Waals surface area contributed by atoms with Crippen LogP contribution >= 0.6 is 35.0 Å². The third kappa shape index (κ3) is 4.25. The molecule has 0 aliphatic carbocycles. The number of nitrogens with zero attached hydrogens (tertiary/aromatic N) is 1. The van der Waals surface area contributed by atoms with Crippen molar-refractivity contribution in [2.75, 3.05) is 11.5 Å². The second-order valence-electron chi connectivity index (χ2n) is 8.74. The van der Waals surface area contributed by atoms with Crippen molar-refractivity contribution in [3.05, 3.63) is 68.2 Å². The van der Waals surface area contributed by atoms with Crippen LogP contribution in [0.5, 0.6) is 0 Å². The van der Waals surface area contributed by atoms with Crippen LogP contribution in [0.25, 0.3) is 0 Å². The van der Waals surface area contributed by atoms with Crippen LogP contribution in [-0.2, 0) is 17.0 Å². The van der Waals surface area contributed by atoms with Crippen LogP contribution < -0.4 is 5.32 Å². The zero-order chi connectivity index (χ0) is 23.3. The normalized spacial score (nSPS) is 22.3. The zero-order valence-electron chi connectivity index (χ0n) is 17.9. The Hall–Kier alpha value is -1.41. The smallest absolute Gasteiger partial charge is 0.374 e. The van der Waals surface area contributed by atoms with Crippen LogP contribution in [0.1, 0.15) is 41.2 Å². The molecular formula is C23H23Cl2F3N2OS. The summed E-state index contributed by atoms with van der Waals surface area (Å²) in [6.45, 7) is 6.50. The molecule has 1 unspecified atom stereocenters. The SMILES string of the molecule is Cc1cc(C2=NOC(c3cc(Cl)c(C)c(Cl)c3)(C(F)(F)F)C2)ccc1CNC1(C)CSC1. The first-order valence-electron chi connectivity index (χ1n) is 10.1. The number of halogens is 5. The van der Waals surface area contributed by atoms with Crippen LogP contribution in [0.4, 0.5) is 13.2 Å². The molecule has 9 heteroatoms. The van der Waals surface area contributed by atoms with Crippen molar-refractivity contribution < 1.29 is 18.0 Å². The van der Waals surface area contributed by atoms with Crippen molar-refractivity contribution in [2.45, 2.75) is 51.1 Å². The average molecular weight is 503 g/mol. The lowest BCUT2D eigenvalue weighted by Crippen LogP contribution is -2.52. The maximum Gasteiger partial charge on any atom is 0.435 e. The Morgan fingerprint density at radius 3 is 2.31 bits per heavy atom. The number of hydrogen-bond donors (Lipinski definition) is 1. The topological polar surface area (TPSA) is 33.6 Å². The Morgan fingerprint density at radius 1 is 1.12 bits per heavy atom. The summed E-state index contributed by atoms with van der Waals surface area (Å²) in [5.74, 6) is 2.15. The van der Waals surface area contributed by atoms with Gasteiger partial charge >= 0.3 is 6.18 Å². The van der Waals surface area contributed by atoms with E-state index in [4.69, 9.17) is 28.0 Å². The maximum atomic E-state index is 14.3. The molecule has 0 amide bonds. The maximum absolute atomic E-state index is 14.3. The predicted molar refractivity (Wildman–Crippen MR) is 125 cm³/mol. The molecule has 0 bridgehead atoms. The highest BCUT2D eigenvalue weighted by Gasteiger charge is 2.62. The molecule has 4 rings (SSSR count). The second kappa shape index (κ2) is 8.42. The molecular weight excluding hydrogens is 480 g/mol. The van der Waals surface area contributed by atoms with Crippen LogP contribution in [0.15, 0.2) is 35.5 Å². The van der Waals surface area contributed by atoms with Gasteiger partial charge in [-0.05, 0) is 61.2 Å². The molecule has 0 saturated carbocycles. The van der Waals surface area contributed by atoms with Gasteiger partial charge < -0.3 is 10.2 Å². The monoisotopic (exact) mass is 502 g/mol. The van der Waals surface area contributed by atoms with Crippen LogP contribution in [-0.4, -0.2) is 28.9 Å². The summed E-state index contributed by atoms with van der Waals surface area (Å²) in [4.78, 5) is 5.12. The molecule has 0 radical (unpaired) electrons. The third-order valence-electron chi connectivity index (χ3n) is 6.16. The number of nitrogens with one attached hydrogen (secondary N) is 1. The number of benzene rings is 2. The van der Waals surface area contributed by atoms with Gasteiger partial charge in [0, 0.05) is 45.6 Å². The molecule has 1 fully saturated rings. The van der Waals surface area contributed by atoms with E-state index in [-0.39, 0.29) is 26.9 Å². The molecule has 1 atom stereocenters. The number of alkyl halides is 3. The average Bonchev–Trinajstić information content (AvgIpc) is 3.16. The first kappa shape index (κ1) is 23.7. The minimum Gasteiger partial charge on any atom is -0.374 e. The Labute approximate surface area is 199 Å². The van der Waals surface area contributed by atoms with Gasteiger partial charge in [0.25, 0.3) is 5.60 Å². The van der Waals surface area contributed by atoms with Crippen molar-refractivity contribution in [2.24, 2.45) is 5.16 Å². The molecule has 2 heterocycles. The molecule has 2 aliphatic rings. The van der Waals surface area contributed by atoms with Crippen molar-refractivity contribution in [3.8, 4) is 0 Å². The molecule has 1 saturated heterocycles. The van der Waals surface area contributed by atoms with E-state index in [0.29, 0.717) is 17.7 Å². The highest BCUT2D eigenvalue weighted by molar-refractivity contribution is 8.00. The van der Waals surface area contributed by atoms with Crippen molar-refractivity contribution >= 4 is 40.7 Å². The first-order chi connectivity index (χ1) is 14.9. The molecule has 172 valence electrons. The van der Waals surface area contributed by atoms with E-state index in [0.717, 1.165) is 22.6 Å². The lowest BCUT2D eigenvalue weighted by atomic mass is 9.85. The summed E-state index contributed by atoms with van der Waals surface area (Å²) in [5.41, 5.74) is 0.795. The fraction of sp³-hybridized carbons (Fsp3) is 0.435. The third-order valence-corrected chi connectivity index (χ3v) is 8.62. The number of aryl methyl sites for hydroxylation is 1. The van der Waals surface area contributed by atoms with Crippen molar-refractivity contribution in [1.82, 2.24) is 5.32 Å². The van der Waals surface area contributed by atoms with E-state index in [2.05, 4.69) is 17.4 Å². The van der Waals surface area contributed by atoms with E-state index < -0.39 is 18.2 Å². The summed E-state index contributed by atoms with van der Waals surface area (Å²) in [7, 11) is 0. The molecule has 1 N–H and O–H groups in total. The van der Waals surface area contributed by atoms with Crippen molar-refractivity contribution in [3.63, 3.8) is 0 Å². The summed E-state index contributed by atoms with van der Waals surface area (Å²) >= 11 is 14.2. The second-order valence-corrected chi connectivity index (χ2v) is 10.5. The fourth-order valence-electron chi connectivity index (χ4n) is 3.83. The van der Waals surface area contributed by atoms with Gasteiger partial charge in [0.1, 0.15) is 0 Å². The van der Waals surface area contributed by atoms with Crippen molar-refractivity contribution in [1.29, 1.82) is 0 Å². The van der Waals surface area contributed by atoms with Gasteiger partial charge in [0.15, 0.2) is 0 Å². The highest BCUT2D eigenvalue weighted by Crippen LogP contribution is 2.50. The van der Waals surface area contributed by atoms with E-state index >= 15 is 0 Å². The van der Waals surface area contributed by atoms with Crippen LogP contribution in [0.2, 0.25) is 10.0 Å². The molecule has 0 aromatic heterocycles. The Morgan fingerprint density at radius 2 is 1.78 bits per heavy atom. The summed E-state index contributed by atoms with van der Waals surface area (Å²) in [5, 5.41) is 7.72. The van der Waals surface area contributed by atoms with Gasteiger partial charge in [-0.25, -0.2) is 0 Å². The number of thioether (sulfide) groups is 1. The van der Waals surface area contributed by atoms with Gasteiger partial charge in [0.2, 0.25) is 0 Å². The van der Waals surface area contributed by atoms with E-state index in [1.54, 1.807) is 13.0 Å². The lowest BCUT2D eigenvalue weighted by molar-refractivity contribution is -0.275. The van der Waals surface area contributed by atoms with Gasteiger partial charge in [-0.15, -0.1) is 0 Å². The number of rotatable bonds is 5. The Kier molecular flexibility index (Phi) is 6.25. The Bertz CT molecular complexity index is 1060. The highest BCUT2D eigenvalue weighted by atomic mass is 35.5. The predicted octanol–water partition coefficient (Wildman–Crippen LogP) is 6.79. The molecule has 2 aromatic carbocycles. The van der Waals surface area contributed by atoms with Gasteiger partial charge in [-0.3, -0.25) is 0 Å². The minimum atomic E-state index is -4.71. The van der Waals surface area contributed by atoms with Gasteiger partial charge in [-0.1, -0.05) is 40.5 Å². The van der Waals surface area contributed by atoms with Gasteiger partial charge in [0.05, 0.1) is 5.71 Å². The molecule has 2 aliphatic heterocycles. The quantitative estimate of drug-likeness (QED) is 0.488. The zero-order valence-corrected chi connectivity index (χ0v) is 20.2. The first-order valence-corrected chi connectivity index (χ1v) is 12.1. The number of oxime groups is 1. The molecule has 2 aromatic rings. The lowest BCUT2D eigenvalue weighted by Gasteiger charge is -2.38.